The number of rotatable bonds is 3. The van der Waals surface area contributed by atoms with Gasteiger partial charge in [0.15, 0.2) is 0 Å². The van der Waals surface area contributed by atoms with Gasteiger partial charge in [-0.25, -0.2) is 0 Å². The molecule has 5 rings (SSSR count). The minimum absolute atomic E-state index is 0.0620. The van der Waals surface area contributed by atoms with Gasteiger partial charge < -0.3 is 10.2 Å². The van der Waals surface area contributed by atoms with E-state index in [1.165, 1.54) is 44.1 Å². The lowest BCUT2D eigenvalue weighted by atomic mass is 9.44. The molecule has 0 saturated heterocycles. The fourth-order valence-corrected chi connectivity index (χ4v) is 8.75. The maximum atomic E-state index is 11.9. The second-order valence-corrected chi connectivity index (χ2v) is 11.6. The van der Waals surface area contributed by atoms with Crippen LogP contribution < -0.4 is 0 Å². The molecule has 4 saturated carbocycles. The lowest BCUT2D eigenvalue weighted by molar-refractivity contribution is -0.160. The molecule has 0 amide bonds. The van der Waals surface area contributed by atoms with Gasteiger partial charge in [0.05, 0.1) is 11.7 Å². The molecule has 0 aliphatic heterocycles. The van der Waals surface area contributed by atoms with Crippen molar-refractivity contribution in [1.29, 1.82) is 0 Å². The van der Waals surface area contributed by atoms with Crippen LogP contribution in [0.3, 0.4) is 0 Å². The lowest BCUT2D eigenvalue weighted by Crippen LogP contribution is -2.56. The van der Waals surface area contributed by atoms with Crippen molar-refractivity contribution < 1.29 is 10.2 Å². The number of benzene rings is 1. The number of hydrogen-bond donors (Lipinski definition) is 2. The molecule has 0 spiro atoms. The maximum Gasteiger partial charge on any atom is 0.0707 e. The summed E-state index contributed by atoms with van der Waals surface area (Å²) in [4.78, 5) is 0. The number of aliphatic hydroxyl groups is 2. The molecule has 2 heteroatoms. The molecule has 0 bridgehead atoms. The molecule has 0 radical (unpaired) electrons. The third kappa shape index (κ3) is 3.04. The molecule has 1 aromatic rings. The van der Waals surface area contributed by atoms with E-state index in [-0.39, 0.29) is 11.5 Å². The molecular weight excluding hydrogens is 356 g/mol. The smallest absolute Gasteiger partial charge is 0.0707 e. The van der Waals surface area contributed by atoms with E-state index < -0.39 is 5.60 Å². The molecule has 2 N–H and O–H groups in total. The predicted octanol–water partition coefficient (Wildman–Crippen LogP) is 5.75. The van der Waals surface area contributed by atoms with Gasteiger partial charge in [-0.05, 0) is 111 Å². The summed E-state index contributed by atoms with van der Waals surface area (Å²) in [6, 6.07) is 10.7. The van der Waals surface area contributed by atoms with Crippen LogP contribution in [-0.4, -0.2) is 21.9 Å². The van der Waals surface area contributed by atoms with Crippen LogP contribution in [0.4, 0.5) is 0 Å². The molecule has 0 heterocycles. The van der Waals surface area contributed by atoms with Crippen LogP contribution in [0.5, 0.6) is 0 Å². The lowest BCUT2D eigenvalue weighted by Gasteiger charge is -2.61. The van der Waals surface area contributed by atoms with Crippen LogP contribution in [0.1, 0.15) is 83.6 Å². The first-order valence-corrected chi connectivity index (χ1v) is 12.3. The average Bonchev–Trinajstić information content (AvgIpc) is 2.99. The van der Waals surface area contributed by atoms with Gasteiger partial charge >= 0.3 is 0 Å². The van der Waals surface area contributed by atoms with E-state index in [0.717, 1.165) is 49.9 Å². The molecule has 160 valence electrons. The SMILES string of the molecule is C[C@]12CC[C@@H](O)C[C@@H]1CC[C@H]1[C@H]3CC[C@](O)(CCc4ccccc4)[C@]3(C)CC[C@@H]12. The third-order valence-electron chi connectivity index (χ3n) is 10.6. The van der Waals surface area contributed by atoms with E-state index in [0.29, 0.717) is 11.3 Å². The fraction of sp³-hybridized carbons (Fsp3) is 0.778. The minimum atomic E-state index is -0.501. The summed E-state index contributed by atoms with van der Waals surface area (Å²) in [5, 5.41) is 22.1. The number of aliphatic hydroxyl groups excluding tert-OH is 1. The predicted molar refractivity (Wildman–Crippen MR) is 117 cm³/mol. The Kier molecular flexibility index (Phi) is 4.91. The van der Waals surface area contributed by atoms with Crippen LogP contribution in [0, 0.1) is 34.5 Å². The Morgan fingerprint density at radius 1 is 0.897 bits per heavy atom. The van der Waals surface area contributed by atoms with Crippen LogP contribution >= 0.6 is 0 Å². The van der Waals surface area contributed by atoms with Crippen molar-refractivity contribution >= 4 is 0 Å². The topological polar surface area (TPSA) is 40.5 Å². The molecule has 0 aromatic heterocycles. The molecular formula is C27H40O2. The Morgan fingerprint density at radius 2 is 1.66 bits per heavy atom. The highest BCUT2D eigenvalue weighted by molar-refractivity contribution is 5.18. The normalized spacial score (nSPS) is 49.2. The van der Waals surface area contributed by atoms with Gasteiger partial charge in [-0.15, -0.1) is 0 Å². The van der Waals surface area contributed by atoms with Crippen molar-refractivity contribution in [3.05, 3.63) is 35.9 Å². The Balaban J connectivity index is 1.35. The van der Waals surface area contributed by atoms with E-state index >= 15 is 0 Å². The van der Waals surface area contributed by atoms with Gasteiger partial charge in [0, 0.05) is 0 Å². The maximum absolute atomic E-state index is 11.9. The Hall–Kier alpha value is -0.860. The van der Waals surface area contributed by atoms with Gasteiger partial charge in [-0.3, -0.25) is 0 Å². The minimum Gasteiger partial charge on any atom is -0.393 e. The van der Waals surface area contributed by atoms with E-state index in [1.54, 1.807) is 0 Å². The second-order valence-electron chi connectivity index (χ2n) is 11.6. The van der Waals surface area contributed by atoms with Crippen LogP contribution in [0.15, 0.2) is 30.3 Å². The summed E-state index contributed by atoms with van der Waals surface area (Å²) in [6.07, 6.45) is 12.4. The summed E-state index contributed by atoms with van der Waals surface area (Å²) < 4.78 is 0. The zero-order valence-electron chi connectivity index (χ0n) is 18.4. The Labute approximate surface area is 177 Å². The van der Waals surface area contributed by atoms with Crippen LogP contribution in [0.2, 0.25) is 0 Å². The largest absolute Gasteiger partial charge is 0.393 e. The average molecular weight is 397 g/mol. The van der Waals surface area contributed by atoms with Crippen molar-refractivity contribution in [2.45, 2.75) is 96.2 Å². The van der Waals surface area contributed by atoms with Crippen molar-refractivity contribution in [1.82, 2.24) is 0 Å². The van der Waals surface area contributed by atoms with E-state index in [4.69, 9.17) is 0 Å². The zero-order valence-corrected chi connectivity index (χ0v) is 18.4. The summed E-state index contributed by atoms with van der Waals surface area (Å²) in [6.45, 7) is 4.99. The summed E-state index contributed by atoms with van der Waals surface area (Å²) in [5.74, 6) is 3.00. The molecule has 8 atom stereocenters. The highest BCUT2D eigenvalue weighted by atomic mass is 16.3. The first-order valence-electron chi connectivity index (χ1n) is 12.3. The van der Waals surface area contributed by atoms with Crippen LogP contribution in [-0.2, 0) is 6.42 Å². The third-order valence-corrected chi connectivity index (χ3v) is 10.6. The summed E-state index contributed by atoms with van der Waals surface area (Å²) in [5.41, 5.74) is 1.36. The molecule has 1 aromatic carbocycles. The Morgan fingerprint density at radius 3 is 2.45 bits per heavy atom. The number of hydrogen-bond acceptors (Lipinski definition) is 2. The van der Waals surface area contributed by atoms with Gasteiger partial charge in [-0.1, -0.05) is 44.2 Å². The molecule has 4 aliphatic rings. The van der Waals surface area contributed by atoms with Crippen molar-refractivity contribution in [3.8, 4) is 0 Å². The molecule has 4 aliphatic carbocycles. The second kappa shape index (κ2) is 7.09. The molecule has 0 unspecified atom stereocenters. The first-order chi connectivity index (χ1) is 13.9. The van der Waals surface area contributed by atoms with Crippen molar-refractivity contribution in [2.24, 2.45) is 34.5 Å². The van der Waals surface area contributed by atoms with E-state index in [1.807, 2.05) is 0 Å². The first kappa shape index (κ1) is 20.1. The number of fused-ring (bicyclic) bond motifs is 5. The van der Waals surface area contributed by atoms with Crippen molar-refractivity contribution in [2.75, 3.05) is 0 Å². The van der Waals surface area contributed by atoms with E-state index in [2.05, 4.69) is 44.2 Å². The zero-order chi connectivity index (χ0) is 20.3. The molecule has 4 fully saturated rings. The van der Waals surface area contributed by atoms with Gasteiger partial charge in [0.25, 0.3) is 0 Å². The van der Waals surface area contributed by atoms with E-state index in [9.17, 15) is 10.2 Å². The van der Waals surface area contributed by atoms with Crippen molar-refractivity contribution in [3.63, 3.8) is 0 Å². The highest BCUT2D eigenvalue weighted by Gasteiger charge is 2.64. The summed E-state index contributed by atoms with van der Waals surface area (Å²) >= 11 is 0. The fourth-order valence-electron chi connectivity index (χ4n) is 8.75. The van der Waals surface area contributed by atoms with Gasteiger partial charge in [0.1, 0.15) is 0 Å². The number of aryl methyl sites for hydroxylation is 1. The van der Waals surface area contributed by atoms with Crippen LogP contribution in [0.25, 0.3) is 0 Å². The highest BCUT2D eigenvalue weighted by Crippen LogP contribution is 2.68. The quantitative estimate of drug-likeness (QED) is 0.682. The van der Waals surface area contributed by atoms with Gasteiger partial charge in [0.2, 0.25) is 0 Å². The molecule has 29 heavy (non-hydrogen) atoms. The summed E-state index contributed by atoms with van der Waals surface area (Å²) in [7, 11) is 0. The molecule has 2 nitrogen and oxygen atoms in total. The van der Waals surface area contributed by atoms with Gasteiger partial charge in [-0.2, -0.15) is 0 Å². The standard InChI is InChI=1S/C27H40O2/c1-25-14-11-21(28)18-20(25)8-9-22-23(25)12-15-26(2)24(22)13-17-27(26,29)16-10-19-6-4-3-5-7-19/h3-7,20-24,28-29H,8-18H2,1-2H3/t20-,21+,22+,23-,24+,25-,26+,27+/m0/s1. The monoisotopic (exact) mass is 396 g/mol. The Bertz CT molecular complexity index is 731.